The summed E-state index contributed by atoms with van der Waals surface area (Å²) >= 11 is 3.34. The van der Waals surface area contributed by atoms with Crippen molar-refractivity contribution < 1.29 is 5.11 Å². The highest BCUT2D eigenvalue weighted by Crippen LogP contribution is 2.19. The molecule has 1 atom stereocenters. The van der Waals surface area contributed by atoms with Gasteiger partial charge in [-0.1, -0.05) is 6.92 Å². The molecule has 0 saturated carbocycles. The van der Waals surface area contributed by atoms with Crippen molar-refractivity contribution in [3.8, 4) is 0 Å². The first kappa shape index (κ1) is 10.6. The molecular weight excluding hydrogens is 232 g/mol. The summed E-state index contributed by atoms with van der Waals surface area (Å²) in [5.41, 5.74) is 0.684. The lowest BCUT2D eigenvalue weighted by Gasteiger charge is -2.11. The molecule has 0 aliphatic heterocycles. The maximum Gasteiger partial charge on any atom is 0.109 e. The van der Waals surface area contributed by atoms with Crippen molar-refractivity contribution in [3.05, 3.63) is 28.5 Å². The summed E-state index contributed by atoms with van der Waals surface area (Å²) in [7, 11) is 0. The van der Waals surface area contributed by atoms with Crippen LogP contribution in [0.1, 0.15) is 18.7 Å². The third-order valence-electron chi connectivity index (χ3n) is 1.69. The van der Waals surface area contributed by atoms with Crippen molar-refractivity contribution in [1.82, 2.24) is 10.3 Å². The van der Waals surface area contributed by atoms with E-state index in [0.717, 1.165) is 11.0 Å². The number of nitrogens with one attached hydrogen (secondary N) is 1. The first-order chi connectivity index (χ1) is 6.25. The Morgan fingerprint density at radius 2 is 2.46 bits per heavy atom. The van der Waals surface area contributed by atoms with Crippen LogP contribution in [0.25, 0.3) is 0 Å². The van der Waals surface area contributed by atoms with Crippen molar-refractivity contribution in [2.45, 2.75) is 13.0 Å². The Balaban J connectivity index is 2.65. The highest BCUT2D eigenvalue weighted by Gasteiger charge is 2.10. The molecule has 0 bridgehead atoms. The van der Waals surface area contributed by atoms with Gasteiger partial charge in [0, 0.05) is 17.2 Å². The number of pyridine rings is 1. The van der Waals surface area contributed by atoms with E-state index in [1.807, 2.05) is 19.1 Å². The normalized spacial score (nSPS) is 12.8. The highest BCUT2D eigenvalue weighted by atomic mass is 79.9. The Morgan fingerprint density at radius 1 is 1.69 bits per heavy atom. The van der Waals surface area contributed by atoms with Crippen LogP contribution < -0.4 is 5.32 Å². The van der Waals surface area contributed by atoms with E-state index in [-0.39, 0.29) is 0 Å². The second-order valence-electron chi connectivity index (χ2n) is 2.69. The molecule has 1 aromatic heterocycles. The van der Waals surface area contributed by atoms with Gasteiger partial charge in [0.15, 0.2) is 0 Å². The number of halogens is 1. The molecule has 0 aliphatic rings. The van der Waals surface area contributed by atoms with Crippen molar-refractivity contribution >= 4 is 15.9 Å². The summed E-state index contributed by atoms with van der Waals surface area (Å²) in [6.07, 6.45) is 1.13. The molecule has 0 amide bonds. The molecule has 1 heterocycles. The van der Waals surface area contributed by atoms with Crippen LogP contribution in [0, 0.1) is 0 Å². The summed E-state index contributed by atoms with van der Waals surface area (Å²) in [5, 5.41) is 12.7. The Morgan fingerprint density at radius 3 is 3.08 bits per heavy atom. The van der Waals surface area contributed by atoms with E-state index in [9.17, 15) is 5.11 Å². The SMILES string of the molecule is CCNCC(O)c1ncccc1Br. The number of rotatable bonds is 4. The molecule has 0 fully saturated rings. The predicted octanol–water partition coefficient (Wildman–Crippen LogP) is 1.49. The van der Waals surface area contributed by atoms with Crippen LogP contribution in [0.2, 0.25) is 0 Å². The molecule has 3 nitrogen and oxygen atoms in total. The first-order valence-electron chi connectivity index (χ1n) is 4.25. The van der Waals surface area contributed by atoms with Crippen LogP contribution >= 0.6 is 15.9 Å². The first-order valence-corrected chi connectivity index (χ1v) is 5.04. The third-order valence-corrected chi connectivity index (χ3v) is 2.36. The fourth-order valence-corrected chi connectivity index (χ4v) is 1.54. The van der Waals surface area contributed by atoms with Crippen LogP contribution in [-0.4, -0.2) is 23.2 Å². The standard InChI is InChI=1S/C9H13BrN2O/c1-2-11-6-8(13)9-7(10)4-3-5-12-9/h3-5,8,11,13H,2,6H2,1H3. The highest BCUT2D eigenvalue weighted by molar-refractivity contribution is 9.10. The van der Waals surface area contributed by atoms with Gasteiger partial charge < -0.3 is 10.4 Å². The number of likely N-dealkylation sites (N-methyl/N-ethyl adjacent to an activating group) is 1. The van der Waals surface area contributed by atoms with Crippen LogP contribution in [0.4, 0.5) is 0 Å². The lowest BCUT2D eigenvalue weighted by Crippen LogP contribution is -2.21. The Kier molecular flexibility index (Phi) is 4.35. The van der Waals surface area contributed by atoms with Crippen LogP contribution in [0.15, 0.2) is 22.8 Å². The predicted molar refractivity (Wildman–Crippen MR) is 55.4 cm³/mol. The van der Waals surface area contributed by atoms with Gasteiger partial charge in [0.1, 0.15) is 6.10 Å². The fourth-order valence-electron chi connectivity index (χ4n) is 1.02. The van der Waals surface area contributed by atoms with E-state index in [1.54, 1.807) is 6.20 Å². The molecule has 0 aromatic carbocycles. The summed E-state index contributed by atoms with van der Waals surface area (Å²) in [5.74, 6) is 0. The number of hydrogen-bond acceptors (Lipinski definition) is 3. The molecule has 0 aliphatic carbocycles. The van der Waals surface area contributed by atoms with E-state index in [2.05, 4.69) is 26.2 Å². The molecule has 2 N–H and O–H groups in total. The number of aliphatic hydroxyl groups is 1. The van der Waals surface area contributed by atoms with Gasteiger partial charge in [0.05, 0.1) is 5.69 Å². The molecule has 0 radical (unpaired) electrons. The Bertz CT molecular complexity index is 268. The molecule has 0 saturated heterocycles. The molecule has 4 heteroatoms. The van der Waals surface area contributed by atoms with Gasteiger partial charge in [-0.15, -0.1) is 0 Å². The number of nitrogens with zero attached hydrogens (tertiary/aromatic N) is 1. The van der Waals surface area contributed by atoms with E-state index in [0.29, 0.717) is 12.2 Å². The molecule has 1 unspecified atom stereocenters. The van der Waals surface area contributed by atoms with Gasteiger partial charge in [-0.2, -0.15) is 0 Å². The van der Waals surface area contributed by atoms with Crippen LogP contribution in [-0.2, 0) is 0 Å². The average Bonchev–Trinajstić information content (AvgIpc) is 2.15. The molecule has 13 heavy (non-hydrogen) atoms. The van der Waals surface area contributed by atoms with Gasteiger partial charge in [-0.25, -0.2) is 0 Å². The van der Waals surface area contributed by atoms with E-state index < -0.39 is 6.10 Å². The minimum Gasteiger partial charge on any atom is -0.385 e. The minimum atomic E-state index is -0.546. The quantitative estimate of drug-likeness (QED) is 0.844. The van der Waals surface area contributed by atoms with Gasteiger partial charge in [-0.05, 0) is 34.6 Å². The maximum atomic E-state index is 9.68. The van der Waals surface area contributed by atoms with Crippen molar-refractivity contribution in [2.75, 3.05) is 13.1 Å². The smallest absolute Gasteiger partial charge is 0.109 e. The fraction of sp³-hybridized carbons (Fsp3) is 0.444. The number of hydrogen-bond donors (Lipinski definition) is 2. The number of aromatic nitrogens is 1. The summed E-state index contributed by atoms with van der Waals surface area (Å²) in [4.78, 5) is 4.09. The second kappa shape index (κ2) is 5.32. The van der Waals surface area contributed by atoms with Gasteiger partial charge in [-0.3, -0.25) is 4.98 Å². The zero-order valence-corrected chi connectivity index (χ0v) is 9.08. The summed E-state index contributed by atoms with van der Waals surface area (Å²) in [6, 6.07) is 3.70. The molecule has 1 aromatic rings. The lowest BCUT2D eigenvalue weighted by molar-refractivity contribution is 0.170. The second-order valence-corrected chi connectivity index (χ2v) is 3.55. The van der Waals surface area contributed by atoms with Gasteiger partial charge in [0.2, 0.25) is 0 Å². The topological polar surface area (TPSA) is 45.1 Å². The van der Waals surface area contributed by atoms with Crippen molar-refractivity contribution in [3.63, 3.8) is 0 Å². The zero-order valence-electron chi connectivity index (χ0n) is 7.50. The van der Waals surface area contributed by atoms with Crippen molar-refractivity contribution in [1.29, 1.82) is 0 Å². The van der Waals surface area contributed by atoms with Crippen LogP contribution in [0.5, 0.6) is 0 Å². The molecular formula is C9H13BrN2O. The van der Waals surface area contributed by atoms with Gasteiger partial charge in [0.25, 0.3) is 0 Å². The summed E-state index contributed by atoms with van der Waals surface area (Å²) in [6.45, 7) is 3.38. The molecule has 0 spiro atoms. The summed E-state index contributed by atoms with van der Waals surface area (Å²) < 4.78 is 0.848. The molecule has 1 rings (SSSR count). The van der Waals surface area contributed by atoms with Crippen LogP contribution in [0.3, 0.4) is 0 Å². The lowest BCUT2D eigenvalue weighted by atomic mass is 10.2. The number of aliphatic hydroxyl groups excluding tert-OH is 1. The van der Waals surface area contributed by atoms with E-state index in [1.165, 1.54) is 0 Å². The van der Waals surface area contributed by atoms with Crippen molar-refractivity contribution in [2.24, 2.45) is 0 Å². The average molecular weight is 245 g/mol. The van der Waals surface area contributed by atoms with E-state index >= 15 is 0 Å². The minimum absolute atomic E-state index is 0.534. The third kappa shape index (κ3) is 3.06. The Labute approximate surface area is 86.3 Å². The van der Waals surface area contributed by atoms with Gasteiger partial charge >= 0.3 is 0 Å². The Hall–Kier alpha value is -0.450. The monoisotopic (exact) mass is 244 g/mol. The zero-order chi connectivity index (χ0) is 9.68. The largest absolute Gasteiger partial charge is 0.385 e. The molecule has 72 valence electrons. The van der Waals surface area contributed by atoms with E-state index in [4.69, 9.17) is 0 Å². The maximum absolute atomic E-state index is 9.68.